The number of hydrogen-bond acceptors (Lipinski definition) is 2. The number of carbonyl (C=O) groups excluding carboxylic acids is 1. The molecule has 0 aromatic heterocycles. The molecule has 0 aliphatic carbocycles. The predicted molar refractivity (Wildman–Crippen MR) is 77.2 cm³/mol. The number of carbonyl (C=O) groups is 1. The average molecular weight is 257 g/mol. The summed E-state index contributed by atoms with van der Waals surface area (Å²) in [6, 6.07) is 13.6. The lowest BCUT2D eigenvalue weighted by molar-refractivity contribution is 0.0771. The van der Waals surface area contributed by atoms with Crippen LogP contribution in [-0.2, 0) is 0 Å². The second-order valence-corrected chi connectivity index (χ2v) is 4.89. The molecule has 1 amide bonds. The van der Waals surface area contributed by atoms with E-state index in [9.17, 15) is 9.90 Å². The van der Waals surface area contributed by atoms with E-state index in [0.717, 1.165) is 10.8 Å². The van der Waals surface area contributed by atoms with Crippen molar-refractivity contribution in [3.05, 3.63) is 48.0 Å². The van der Waals surface area contributed by atoms with Gasteiger partial charge >= 0.3 is 0 Å². The Balaban J connectivity index is 2.26. The molecule has 0 aliphatic rings. The number of rotatable bonds is 4. The van der Waals surface area contributed by atoms with Crippen LogP contribution in [0.4, 0.5) is 0 Å². The van der Waals surface area contributed by atoms with E-state index in [2.05, 4.69) is 0 Å². The van der Waals surface area contributed by atoms with Gasteiger partial charge in [-0.15, -0.1) is 0 Å². The molecule has 19 heavy (non-hydrogen) atoms. The zero-order chi connectivity index (χ0) is 13.8. The molecule has 2 aromatic rings. The first-order valence-corrected chi connectivity index (χ1v) is 6.51. The van der Waals surface area contributed by atoms with E-state index in [4.69, 9.17) is 0 Å². The second kappa shape index (κ2) is 5.85. The second-order valence-electron chi connectivity index (χ2n) is 4.89. The highest BCUT2D eigenvalue weighted by Gasteiger charge is 2.14. The molecule has 0 spiro atoms. The van der Waals surface area contributed by atoms with Gasteiger partial charge in [0.1, 0.15) is 0 Å². The third kappa shape index (κ3) is 3.12. The van der Waals surface area contributed by atoms with E-state index in [1.807, 2.05) is 42.5 Å². The molecule has 100 valence electrons. The zero-order valence-electron chi connectivity index (χ0n) is 11.3. The molecule has 2 rings (SSSR count). The van der Waals surface area contributed by atoms with Gasteiger partial charge in [-0.3, -0.25) is 4.79 Å². The molecule has 0 saturated heterocycles. The van der Waals surface area contributed by atoms with Crippen LogP contribution in [0.25, 0.3) is 10.8 Å². The summed E-state index contributed by atoms with van der Waals surface area (Å²) in [7, 11) is 1.77. The number of aliphatic hydroxyl groups excluding tert-OH is 1. The fraction of sp³-hybridized carbons (Fsp3) is 0.312. The van der Waals surface area contributed by atoms with E-state index in [1.165, 1.54) is 0 Å². The van der Waals surface area contributed by atoms with Crippen LogP contribution >= 0.6 is 0 Å². The Hall–Kier alpha value is -1.87. The van der Waals surface area contributed by atoms with Gasteiger partial charge in [0.25, 0.3) is 5.91 Å². The van der Waals surface area contributed by atoms with Gasteiger partial charge in [-0.25, -0.2) is 0 Å². The maximum atomic E-state index is 12.4. The maximum absolute atomic E-state index is 12.4. The molecule has 2 aromatic carbocycles. The minimum absolute atomic E-state index is 0.00236. The average Bonchev–Trinajstić information content (AvgIpc) is 2.43. The number of hydrogen-bond donors (Lipinski definition) is 1. The van der Waals surface area contributed by atoms with Crippen LogP contribution in [-0.4, -0.2) is 35.6 Å². The fourth-order valence-electron chi connectivity index (χ4n) is 2.10. The Morgan fingerprint density at radius 1 is 1.21 bits per heavy atom. The van der Waals surface area contributed by atoms with Crippen molar-refractivity contribution in [2.75, 3.05) is 13.6 Å². The summed E-state index contributed by atoms with van der Waals surface area (Å²) in [4.78, 5) is 14.1. The van der Waals surface area contributed by atoms with Crippen LogP contribution in [0.1, 0.15) is 23.7 Å². The lowest BCUT2D eigenvalue weighted by Gasteiger charge is -2.19. The molecule has 3 nitrogen and oxygen atoms in total. The third-order valence-corrected chi connectivity index (χ3v) is 3.25. The summed E-state index contributed by atoms with van der Waals surface area (Å²) >= 11 is 0. The molecule has 0 heterocycles. The fourth-order valence-corrected chi connectivity index (χ4v) is 2.10. The van der Waals surface area contributed by atoms with Crippen molar-refractivity contribution >= 4 is 16.7 Å². The maximum Gasteiger partial charge on any atom is 0.254 e. The van der Waals surface area contributed by atoms with Crippen LogP contribution in [0.5, 0.6) is 0 Å². The molecule has 0 radical (unpaired) electrons. The van der Waals surface area contributed by atoms with Crippen molar-refractivity contribution < 1.29 is 9.90 Å². The molecular weight excluding hydrogens is 238 g/mol. The zero-order valence-corrected chi connectivity index (χ0v) is 11.3. The highest BCUT2D eigenvalue weighted by atomic mass is 16.3. The number of nitrogens with zero attached hydrogens (tertiary/aromatic N) is 1. The van der Waals surface area contributed by atoms with Gasteiger partial charge in [-0.05, 0) is 30.2 Å². The summed E-state index contributed by atoms with van der Waals surface area (Å²) in [6.45, 7) is 2.29. The Morgan fingerprint density at radius 2 is 1.89 bits per heavy atom. The smallest absolute Gasteiger partial charge is 0.254 e. The summed E-state index contributed by atoms with van der Waals surface area (Å²) in [6.07, 6.45) is 0.204. The van der Waals surface area contributed by atoms with Crippen molar-refractivity contribution in [1.82, 2.24) is 4.90 Å². The van der Waals surface area contributed by atoms with Gasteiger partial charge in [-0.2, -0.15) is 0 Å². The molecule has 1 N–H and O–H groups in total. The number of aliphatic hydroxyl groups is 1. The van der Waals surface area contributed by atoms with Gasteiger partial charge in [0, 0.05) is 19.2 Å². The molecule has 0 aliphatic heterocycles. The topological polar surface area (TPSA) is 40.5 Å². The van der Waals surface area contributed by atoms with Crippen molar-refractivity contribution in [2.24, 2.45) is 0 Å². The first-order chi connectivity index (χ1) is 9.09. The van der Waals surface area contributed by atoms with Crippen molar-refractivity contribution in [3.63, 3.8) is 0 Å². The molecule has 0 fully saturated rings. The highest BCUT2D eigenvalue weighted by molar-refractivity contribution is 6.06. The van der Waals surface area contributed by atoms with Gasteiger partial charge in [0.05, 0.1) is 6.10 Å². The molecule has 0 saturated carbocycles. The van der Waals surface area contributed by atoms with Crippen molar-refractivity contribution in [2.45, 2.75) is 19.4 Å². The SMILES string of the molecule is CC(O)CCN(C)C(=O)c1cccc2ccccc12. The number of benzene rings is 2. The summed E-state index contributed by atoms with van der Waals surface area (Å²) in [5.41, 5.74) is 0.714. The minimum Gasteiger partial charge on any atom is -0.393 e. The highest BCUT2D eigenvalue weighted by Crippen LogP contribution is 2.19. The van der Waals surface area contributed by atoms with Gasteiger partial charge < -0.3 is 10.0 Å². The molecule has 1 unspecified atom stereocenters. The lowest BCUT2D eigenvalue weighted by Crippen LogP contribution is -2.29. The predicted octanol–water partition coefficient (Wildman–Crippen LogP) is 2.68. The summed E-state index contributed by atoms with van der Waals surface area (Å²) in [5, 5.41) is 11.3. The van der Waals surface area contributed by atoms with E-state index >= 15 is 0 Å². The van der Waals surface area contributed by atoms with Crippen LogP contribution in [0, 0.1) is 0 Å². The first-order valence-electron chi connectivity index (χ1n) is 6.51. The van der Waals surface area contributed by atoms with Crippen LogP contribution in [0.3, 0.4) is 0 Å². The molecule has 1 atom stereocenters. The summed E-state index contributed by atoms with van der Waals surface area (Å²) in [5.74, 6) is -0.00236. The molecule has 0 bridgehead atoms. The minimum atomic E-state index is -0.386. The Bertz CT molecular complexity index is 572. The summed E-state index contributed by atoms with van der Waals surface area (Å²) < 4.78 is 0. The Labute approximate surface area is 113 Å². The molecular formula is C16H19NO2. The Morgan fingerprint density at radius 3 is 2.63 bits per heavy atom. The lowest BCUT2D eigenvalue weighted by atomic mass is 10.0. The van der Waals surface area contributed by atoms with Crippen LogP contribution < -0.4 is 0 Å². The third-order valence-electron chi connectivity index (χ3n) is 3.25. The van der Waals surface area contributed by atoms with Gasteiger partial charge in [0.15, 0.2) is 0 Å². The monoisotopic (exact) mass is 257 g/mol. The number of amides is 1. The van der Waals surface area contributed by atoms with Crippen LogP contribution in [0.2, 0.25) is 0 Å². The van der Waals surface area contributed by atoms with E-state index in [0.29, 0.717) is 18.5 Å². The standard InChI is InChI=1S/C16H19NO2/c1-12(18)10-11-17(2)16(19)15-9-5-7-13-6-3-4-8-14(13)15/h3-9,12,18H,10-11H2,1-2H3. The normalized spacial score (nSPS) is 12.4. The molecule has 3 heteroatoms. The first kappa shape index (κ1) is 13.6. The number of fused-ring (bicyclic) bond motifs is 1. The van der Waals surface area contributed by atoms with Crippen molar-refractivity contribution in [3.8, 4) is 0 Å². The Kier molecular flexibility index (Phi) is 4.17. The van der Waals surface area contributed by atoms with E-state index < -0.39 is 0 Å². The van der Waals surface area contributed by atoms with Gasteiger partial charge in [0.2, 0.25) is 0 Å². The van der Waals surface area contributed by atoms with Gasteiger partial charge in [-0.1, -0.05) is 36.4 Å². The largest absolute Gasteiger partial charge is 0.393 e. The van der Waals surface area contributed by atoms with E-state index in [-0.39, 0.29) is 12.0 Å². The van der Waals surface area contributed by atoms with Crippen molar-refractivity contribution in [1.29, 1.82) is 0 Å². The van der Waals surface area contributed by atoms with E-state index in [1.54, 1.807) is 18.9 Å². The van der Waals surface area contributed by atoms with Crippen LogP contribution in [0.15, 0.2) is 42.5 Å². The quantitative estimate of drug-likeness (QED) is 0.914.